The summed E-state index contributed by atoms with van der Waals surface area (Å²) in [7, 11) is 0. The highest BCUT2D eigenvalue weighted by Gasteiger charge is 2.26. The van der Waals surface area contributed by atoms with Crippen molar-refractivity contribution in [2.24, 2.45) is 5.92 Å². The topological polar surface area (TPSA) is 40.5 Å². The summed E-state index contributed by atoms with van der Waals surface area (Å²) >= 11 is 1.72. The number of piperidine rings is 1. The number of amides is 1. The molecule has 1 heterocycles. The standard InChI is InChI=1S/C15H21NO2S/c1-12-11-16(9-7-14(12)17)15(18)8-10-19-13-5-3-2-4-6-13/h2-6,12,14,17H,7-11H2,1H3. The summed E-state index contributed by atoms with van der Waals surface area (Å²) in [6.45, 7) is 3.39. The summed E-state index contributed by atoms with van der Waals surface area (Å²) in [6, 6.07) is 10.1. The molecule has 1 aromatic carbocycles. The van der Waals surface area contributed by atoms with Gasteiger partial charge >= 0.3 is 0 Å². The van der Waals surface area contributed by atoms with Crippen molar-refractivity contribution in [1.82, 2.24) is 4.90 Å². The van der Waals surface area contributed by atoms with E-state index in [0.717, 1.165) is 5.75 Å². The van der Waals surface area contributed by atoms with Crippen LogP contribution in [0.1, 0.15) is 19.8 Å². The van der Waals surface area contributed by atoms with Crippen molar-refractivity contribution in [3.8, 4) is 0 Å². The highest BCUT2D eigenvalue weighted by Crippen LogP contribution is 2.20. The lowest BCUT2D eigenvalue weighted by Crippen LogP contribution is -2.45. The molecule has 0 aromatic heterocycles. The molecule has 0 spiro atoms. The van der Waals surface area contributed by atoms with Crippen LogP contribution in [0.4, 0.5) is 0 Å². The summed E-state index contributed by atoms with van der Waals surface area (Å²) in [5.74, 6) is 1.22. The number of carbonyl (C=O) groups is 1. The number of nitrogens with zero attached hydrogens (tertiary/aromatic N) is 1. The van der Waals surface area contributed by atoms with Gasteiger partial charge in [0.05, 0.1) is 6.10 Å². The highest BCUT2D eigenvalue weighted by atomic mass is 32.2. The summed E-state index contributed by atoms with van der Waals surface area (Å²) in [4.78, 5) is 15.2. The largest absolute Gasteiger partial charge is 0.393 e. The van der Waals surface area contributed by atoms with Gasteiger partial charge in [-0.25, -0.2) is 0 Å². The molecule has 19 heavy (non-hydrogen) atoms. The van der Waals surface area contributed by atoms with Crippen molar-refractivity contribution in [1.29, 1.82) is 0 Å². The maximum Gasteiger partial charge on any atom is 0.223 e. The normalized spacial score (nSPS) is 23.4. The molecular weight excluding hydrogens is 258 g/mol. The first-order valence-corrected chi connectivity index (χ1v) is 7.79. The van der Waals surface area contributed by atoms with E-state index in [1.165, 1.54) is 4.90 Å². The molecule has 1 aliphatic rings. The minimum Gasteiger partial charge on any atom is -0.393 e. The predicted octanol–water partition coefficient (Wildman–Crippen LogP) is 2.40. The maximum absolute atomic E-state index is 12.1. The lowest BCUT2D eigenvalue weighted by atomic mass is 9.96. The van der Waals surface area contributed by atoms with Gasteiger partial charge in [-0.05, 0) is 24.5 Å². The Labute approximate surface area is 119 Å². The van der Waals surface area contributed by atoms with Gasteiger partial charge in [0.1, 0.15) is 0 Å². The third kappa shape index (κ3) is 4.25. The Kier molecular flexibility index (Phi) is 5.28. The van der Waals surface area contributed by atoms with Gasteiger partial charge in [0.2, 0.25) is 5.91 Å². The van der Waals surface area contributed by atoms with Crippen LogP contribution in [0.3, 0.4) is 0 Å². The van der Waals surface area contributed by atoms with E-state index in [2.05, 4.69) is 12.1 Å². The summed E-state index contributed by atoms with van der Waals surface area (Å²) in [5.41, 5.74) is 0. The average Bonchev–Trinajstić information content (AvgIpc) is 2.43. The number of hydrogen-bond acceptors (Lipinski definition) is 3. The van der Waals surface area contributed by atoms with Gasteiger partial charge in [-0.1, -0.05) is 25.1 Å². The maximum atomic E-state index is 12.1. The Morgan fingerprint density at radius 1 is 1.42 bits per heavy atom. The zero-order valence-corrected chi connectivity index (χ0v) is 12.1. The quantitative estimate of drug-likeness (QED) is 0.860. The Morgan fingerprint density at radius 2 is 2.16 bits per heavy atom. The number of likely N-dealkylation sites (tertiary alicyclic amines) is 1. The predicted molar refractivity (Wildman–Crippen MR) is 78.2 cm³/mol. The monoisotopic (exact) mass is 279 g/mol. The molecule has 0 aliphatic carbocycles. The van der Waals surface area contributed by atoms with E-state index < -0.39 is 0 Å². The van der Waals surface area contributed by atoms with E-state index >= 15 is 0 Å². The molecule has 0 bridgehead atoms. The fourth-order valence-electron chi connectivity index (χ4n) is 2.29. The van der Waals surface area contributed by atoms with E-state index in [-0.39, 0.29) is 17.9 Å². The van der Waals surface area contributed by atoms with Crippen LogP contribution in [0.25, 0.3) is 0 Å². The third-order valence-electron chi connectivity index (χ3n) is 3.54. The van der Waals surface area contributed by atoms with Gasteiger partial charge in [-0.2, -0.15) is 0 Å². The number of rotatable bonds is 4. The Bertz CT molecular complexity index is 410. The Hall–Kier alpha value is -1.00. The van der Waals surface area contributed by atoms with Crippen LogP contribution < -0.4 is 0 Å². The first kappa shape index (κ1) is 14.4. The van der Waals surface area contributed by atoms with E-state index in [1.807, 2.05) is 30.0 Å². The van der Waals surface area contributed by atoms with Gasteiger partial charge in [-0.15, -0.1) is 11.8 Å². The number of carbonyl (C=O) groups excluding carboxylic acids is 1. The zero-order valence-electron chi connectivity index (χ0n) is 11.3. The van der Waals surface area contributed by atoms with Gasteiger partial charge in [0, 0.05) is 30.2 Å². The molecule has 104 valence electrons. The van der Waals surface area contributed by atoms with Crippen molar-refractivity contribution >= 4 is 17.7 Å². The van der Waals surface area contributed by atoms with Gasteiger partial charge in [0.25, 0.3) is 0 Å². The minimum atomic E-state index is -0.247. The molecule has 2 atom stereocenters. The van der Waals surface area contributed by atoms with Crippen LogP contribution in [-0.2, 0) is 4.79 Å². The van der Waals surface area contributed by atoms with Crippen LogP contribution in [-0.4, -0.2) is 40.9 Å². The van der Waals surface area contributed by atoms with Crippen molar-refractivity contribution < 1.29 is 9.90 Å². The number of benzene rings is 1. The molecule has 1 N–H and O–H groups in total. The van der Waals surface area contributed by atoms with E-state index in [9.17, 15) is 9.90 Å². The molecule has 1 saturated heterocycles. The molecule has 1 aromatic rings. The Balaban J connectivity index is 1.73. The number of thioether (sulfide) groups is 1. The van der Waals surface area contributed by atoms with Crippen LogP contribution >= 0.6 is 11.8 Å². The summed E-state index contributed by atoms with van der Waals surface area (Å²) in [5, 5.41) is 9.66. The van der Waals surface area contributed by atoms with Crippen molar-refractivity contribution in [3.63, 3.8) is 0 Å². The molecule has 1 fully saturated rings. The average molecular weight is 279 g/mol. The van der Waals surface area contributed by atoms with Crippen LogP contribution in [0.15, 0.2) is 35.2 Å². The number of aliphatic hydroxyl groups is 1. The Morgan fingerprint density at radius 3 is 2.84 bits per heavy atom. The molecule has 1 aliphatic heterocycles. The second kappa shape index (κ2) is 6.96. The molecule has 0 radical (unpaired) electrons. The molecular formula is C15H21NO2S. The number of aliphatic hydroxyl groups excluding tert-OH is 1. The lowest BCUT2D eigenvalue weighted by Gasteiger charge is -2.34. The second-order valence-corrected chi connectivity index (χ2v) is 6.25. The van der Waals surface area contributed by atoms with Crippen LogP contribution in [0.5, 0.6) is 0 Å². The first-order valence-electron chi connectivity index (χ1n) is 6.80. The lowest BCUT2D eigenvalue weighted by molar-refractivity contribution is -0.134. The molecule has 0 saturated carbocycles. The van der Waals surface area contributed by atoms with Crippen LogP contribution in [0, 0.1) is 5.92 Å². The number of hydrogen-bond donors (Lipinski definition) is 1. The molecule has 2 rings (SSSR count). The first-order chi connectivity index (χ1) is 9.16. The SMILES string of the molecule is CC1CN(C(=O)CCSc2ccccc2)CCC1O. The zero-order chi connectivity index (χ0) is 13.7. The fraction of sp³-hybridized carbons (Fsp3) is 0.533. The van der Waals surface area contributed by atoms with Crippen molar-refractivity contribution in [2.75, 3.05) is 18.8 Å². The van der Waals surface area contributed by atoms with Gasteiger partial charge in [0.15, 0.2) is 0 Å². The fourth-order valence-corrected chi connectivity index (χ4v) is 3.15. The molecule has 1 amide bonds. The second-order valence-electron chi connectivity index (χ2n) is 5.08. The van der Waals surface area contributed by atoms with E-state index in [0.29, 0.717) is 25.9 Å². The highest BCUT2D eigenvalue weighted by molar-refractivity contribution is 7.99. The van der Waals surface area contributed by atoms with E-state index in [4.69, 9.17) is 0 Å². The van der Waals surface area contributed by atoms with Gasteiger partial charge in [-0.3, -0.25) is 4.79 Å². The summed E-state index contributed by atoms with van der Waals surface area (Å²) < 4.78 is 0. The minimum absolute atomic E-state index is 0.194. The van der Waals surface area contributed by atoms with Crippen LogP contribution in [0.2, 0.25) is 0 Å². The molecule has 3 nitrogen and oxygen atoms in total. The van der Waals surface area contributed by atoms with Crippen molar-refractivity contribution in [2.45, 2.75) is 30.8 Å². The molecule has 2 unspecified atom stereocenters. The van der Waals surface area contributed by atoms with Gasteiger partial charge < -0.3 is 10.0 Å². The molecule has 4 heteroatoms. The van der Waals surface area contributed by atoms with Crippen molar-refractivity contribution in [3.05, 3.63) is 30.3 Å². The van der Waals surface area contributed by atoms with E-state index in [1.54, 1.807) is 11.8 Å². The third-order valence-corrected chi connectivity index (χ3v) is 4.55. The smallest absolute Gasteiger partial charge is 0.223 e. The summed E-state index contributed by atoms with van der Waals surface area (Å²) in [6.07, 6.45) is 1.03.